The van der Waals surface area contributed by atoms with Crippen LogP contribution in [0.5, 0.6) is 0 Å². The van der Waals surface area contributed by atoms with Crippen LogP contribution in [-0.4, -0.2) is 24.0 Å². The number of carbonyl (C=O) groups excluding carboxylic acids is 1. The molecule has 0 aliphatic carbocycles. The molecule has 0 spiro atoms. The van der Waals surface area contributed by atoms with Crippen LogP contribution >= 0.6 is 0 Å². The van der Waals surface area contributed by atoms with Crippen molar-refractivity contribution in [2.75, 3.05) is 11.9 Å². The molecule has 17 heavy (non-hydrogen) atoms. The van der Waals surface area contributed by atoms with Crippen LogP contribution < -0.4 is 4.90 Å². The van der Waals surface area contributed by atoms with Gasteiger partial charge in [0.15, 0.2) is 0 Å². The van der Waals surface area contributed by atoms with Gasteiger partial charge in [-0.15, -0.1) is 0 Å². The van der Waals surface area contributed by atoms with Gasteiger partial charge in [0, 0.05) is 12.7 Å². The Morgan fingerprint density at radius 2 is 1.94 bits per heavy atom. The number of aryl methyl sites for hydroxylation is 1. The molecule has 4 heteroatoms. The highest BCUT2D eigenvalue weighted by molar-refractivity contribution is 6.05. The monoisotopic (exact) mass is 235 g/mol. The molecule has 0 aromatic heterocycles. The number of benzene rings is 1. The molecule has 1 amide bonds. The Kier molecular flexibility index (Phi) is 4.26. The molecular weight excluding hydrogens is 218 g/mol. The summed E-state index contributed by atoms with van der Waals surface area (Å²) in [5, 5.41) is 8.96. The van der Waals surface area contributed by atoms with Gasteiger partial charge in [-0.2, -0.15) is 0 Å². The second kappa shape index (κ2) is 5.48. The molecule has 0 aliphatic heterocycles. The van der Waals surface area contributed by atoms with Crippen LogP contribution in [0, 0.1) is 12.8 Å². The van der Waals surface area contributed by atoms with E-state index in [0.29, 0.717) is 6.42 Å². The predicted octanol–water partition coefficient (Wildman–Crippen LogP) is 2.07. The zero-order chi connectivity index (χ0) is 13.0. The van der Waals surface area contributed by atoms with Crippen molar-refractivity contribution in [2.24, 2.45) is 5.92 Å². The molecule has 0 aliphatic rings. The highest BCUT2D eigenvalue weighted by Crippen LogP contribution is 2.20. The lowest BCUT2D eigenvalue weighted by Gasteiger charge is -2.22. The number of hydrogen-bond acceptors (Lipinski definition) is 2. The number of rotatable bonds is 4. The van der Waals surface area contributed by atoms with Gasteiger partial charge < -0.3 is 10.0 Å². The molecular formula is C13H17NO3. The number of hydrogen-bond donors (Lipinski definition) is 1. The van der Waals surface area contributed by atoms with Crippen LogP contribution in [0.1, 0.15) is 18.9 Å². The van der Waals surface area contributed by atoms with Crippen molar-refractivity contribution in [1.29, 1.82) is 0 Å². The standard InChI is InChI=1S/C13H17NO3/c1-4-10(13(16)17)12(15)14(3)11-8-6-5-7-9(11)2/h5-8,10H,4H2,1-3H3,(H,16,17). The van der Waals surface area contributed by atoms with E-state index in [1.807, 2.05) is 31.2 Å². The Balaban J connectivity index is 2.97. The van der Waals surface area contributed by atoms with E-state index in [0.717, 1.165) is 11.3 Å². The van der Waals surface area contributed by atoms with Crippen molar-refractivity contribution in [1.82, 2.24) is 0 Å². The number of carboxylic acids is 1. The minimum Gasteiger partial charge on any atom is -0.481 e. The van der Waals surface area contributed by atoms with Crippen molar-refractivity contribution in [3.8, 4) is 0 Å². The molecule has 0 saturated carbocycles. The van der Waals surface area contributed by atoms with E-state index in [9.17, 15) is 9.59 Å². The molecule has 1 aromatic rings. The summed E-state index contributed by atoms with van der Waals surface area (Å²) in [6.45, 7) is 3.59. The van der Waals surface area contributed by atoms with Gasteiger partial charge in [-0.25, -0.2) is 0 Å². The Morgan fingerprint density at radius 3 is 2.41 bits per heavy atom. The van der Waals surface area contributed by atoms with Gasteiger partial charge in [0.2, 0.25) is 5.91 Å². The van der Waals surface area contributed by atoms with Crippen molar-refractivity contribution in [2.45, 2.75) is 20.3 Å². The third kappa shape index (κ3) is 2.84. The van der Waals surface area contributed by atoms with Crippen LogP contribution in [0.2, 0.25) is 0 Å². The van der Waals surface area contributed by atoms with E-state index in [-0.39, 0.29) is 5.91 Å². The zero-order valence-electron chi connectivity index (χ0n) is 10.3. The fourth-order valence-corrected chi connectivity index (χ4v) is 1.75. The minimum atomic E-state index is -1.07. The van der Waals surface area contributed by atoms with Crippen LogP contribution in [0.25, 0.3) is 0 Å². The third-order valence-corrected chi connectivity index (χ3v) is 2.81. The van der Waals surface area contributed by atoms with E-state index in [2.05, 4.69) is 0 Å². The van der Waals surface area contributed by atoms with Gasteiger partial charge >= 0.3 is 5.97 Å². The molecule has 0 saturated heterocycles. The highest BCUT2D eigenvalue weighted by atomic mass is 16.4. The molecule has 0 radical (unpaired) electrons. The summed E-state index contributed by atoms with van der Waals surface area (Å²) >= 11 is 0. The number of amides is 1. The third-order valence-electron chi connectivity index (χ3n) is 2.81. The zero-order valence-corrected chi connectivity index (χ0v) is 10.3. The van der Waals surface area contributed by atoms with Crippen LogP contribution in [0.4, 0.5) is 5.69 Å². The average Bonchev–Trinajstić information content (AvgIpc) is 2.29. The smallest absolute Gasteiger partial charge is 0.316 e. The Hall–Kier alpha value is -1.84. The summed E-state index contributed by atoms with van der Waals surface area (Å²) < 4.78 is 0. The Morgan fingerprint density at radius 1 is 1.35 bits per heavy atom. The molecule has 1 N–H and O–H groups in total. The van der Waals surface area contributed by atoms with Crippen LogP contribution in [0.3, 0.4) is 0 Å². The number of carbonyl (C=O) groups is 2. The molecule has 1 aromatic carbocycles. The van der Waals surface area contributed by atoms with E-state index in [1.165, 1.54) is 4.90 Å². The molecule has 0 fully saturated rings. The first kappa shape index (κ1) is 13.2. The van der Waals surface area contributed by atoms with E-state index < -0.39 is 11.9 Å². The molecule has 0 heterocycles. The van der Waals surface area contributed by atoms with Gasteiger partial charge in [0.05, 0.1) is 0 Å². The molecule has 92 valence electrons. The average molecular weight is 235 g/mol. The minimum absolute atomic E-state index is 0.296. The summed E-state index contributed by atoms with van der Waals surface area (Å²) in [7, 11) is 1.61. The second-order valence-electron chi connectivity index (χ2n) is 3.98. The molecule has 1 rings (SSSR count). The largest absolute Gasteiger partial charge is 0.481 e. The summed E-state index contributed by atoms with van der Waals surface area (Å²) in [4.78, 5) is 24.4. The molecule has 0 bridgehead atoms. The van der Waals surface area contributed by atoms with Gasteiger partial charge in [0.25, 0.3) is 0 Å². The maximum atomic E-state index is 12.0. The first-order valence-corrected chi connectivity index (χ1v) is 5.55. The van der Waals surface area contributed by atoms with Crippen LogP contribution in [-0.2, 0) is 9.59 Å². The van der Waals surface area contributed by atoms with Crippen LogP contribution in [0.15, 0.2) is 24.3 Å². The van der Waals surface area contributed by atoms with Gasteiger partial charge in [-0.3, -0.25) is 9.59 Å². The summed E-state index contributed by atoms with van der Waals surface area (Å²) in [6.07, 6.45) is 0.296. The number of para-hydroxylation sites is 1. The second-order valence-corrected chi connectivity index (χ2v) is 3.98. The fraction of sp³-hybridized carbons (Fsp3) is 0.385. The lowest BCUT2D eigenvalue weighted by molar-refractivity contribution is -0.146. The first-order valence-electron chi connectivity index (χ1n) is 5.55. The number of carboxylic acid groups (broad SMARTS) is 1. The SMILES string of the molecule is CCC(C(=O)O)C(=O)N(C)c1ccccc1C. The maximum absolute atomic E-state index is 12.0. The Labute approximate surface area is 101 Å². The Bertz CT molecular complexity index is 428. The highest BCUT2D eigenvalue weighted by Gasteiger charge is 2.28. The van der Waals surface area contributed by atoms with E-state index >= 15 is 0 Å². The number of aliphatic carboxylic acids is 1. The molecule has 1 unspecified atom stereocenters. The normalized spacial score (nSPS) is 11.9. The number of nitrogens with zero attached hydrogens (tertiary/aromatic N) is 1. The lowest BCUT2D eigenvalue weighted by Crippen LogP contribution is -2.37. The molecule has 4 nitrogen and oxygen atoms in total. The summed E-state index contributed by atoms with van der Waals surface area (Å²) in [5.74, 6) is -2.42. The molecule has 1 atom stereocenters. The van der Waals surface area contributed by atoms with Crippen molar-refractivity contribution in [3.63, 3.8) is 0 Å². The quantitative estimate of drug-likeness (QED) is 0.813. The fourth-order valence-electron chi connectivity index (χ4n) is 1.75. The van der Waals surface area contributed by atoms with E-state index in [4.69, 9.17) is 5.11 Å². The van der Waals surface area contributed by atoms with Crippen molar-refractivity contribution >= 4 is 17.6 Å². The van der Waals surface area contributed by atoms with Gasteiger partial charge in [-0.05, 0) is 25.0 Å². The van der Waals surface area contributed by atoms with Gasteiger partial charge in [0.1, 0.15) is 5.92 Å². The topological polar surface area (TPSA) is 57.6 Å². The van der Waals surface area contributed by atoms with Crippen molar-refractivity contribution < 1.29 is 14.7 Å². The van der Waals surface area contributed by atoms with Crippen molar-refractivity contribution in [3.05, 3.63) is 29.8 Å². The summed E-state index contributed by atoms with van der Waals surface area (Å²) in [5.41, 5.74) is 1.70. The summed E-state index contributed by atoms with van der Waals surface area (Å²) in [6, 6.07) is 7.40. The predicted molar refractivity (Wildman–Crippen MR) is 66.0 cm³/mol. The van der Waals surface area contributed by atoms with E-state index in [1.54, 1.807) is 14.0 Å². The maximum Gasteiger partial charge on any atom is 0.316 e. The number of anilines is 1. The first-order chi connectivity index (χ1) is 7.99. The lowest BCUT2D eigenvalue weighted by atomic mass is 10.0. The van der Waals surface area contributed by atoms with Gasteiger partial charge in [-0.1, -0.05) is 25.1 Å².